The fourth-order valence-electron chi connectivity index (χ4n) is 1.80. The van der Waals surface area contributed by atoms with Crippen LogP contribution in [-0.4, -0.2) is 35.6 Å². The summed E-state index contributed by atoms with van der Waals surface area (Å²) in [6, 6.07) is 0.821. The molecule has 1 atom stereocenters. The minimum Gasteiger partial charge on any atom is -0.454 e. The molecule has 0 fully saturated rings. The highest BCUT2D eigenvalue weighted by atomic mass is 16.5. The number of nitrogens with zero attached hydrogens (tertiary/aromatic N) is 1. The molecule has 1 rings (SSSR count). The molecule has 0 radical (unpaired) electrons. The number of aromatic nitrogens is 1. The molecule has 0 saturated carbocycles. The van der Waals surface area contributed by atoms with Crippen molar-refractivity contribution in [1.29, 1.82) is 0 Å². The number of esters is 1. The standard InChI is InChI=1S/C16H25N3O5/c1-9(2)14(17-10(3)20)15(22)23-8-12(21)18-13-7-11(19-24-13)16(4,5)6/h7,9,14H,8H2,1-6H3,(H,17,20)(H,18,21). The van der Waals surface area contributed by atoms with Crippen molar-refractivity contribution in [2.24, 2.45) is 5.92 Å². The van der Waals surface area contributed by atoms with Gasteiger partial charge in [0, 0.05) is 18.4 Å². The number of ether oxygens (including phenoxy) is 1. The molecule has 8 heteroatoms. The normalized spacial score (nSPS) is 12.6. The average Bonchev–Trinajstić information content (AvgIpc) is 2.90. The Morgan fingerprint density at radius 3 is 2.38 bits per heavy atom. The Morgan fingerprint density at radius 1 is 1.29 bits per heavy atom. The van der Waals surface area contributed by atoms with Crippen LogP contribution in [-0.2, 0) is 24.5 Å². The number of hydrogen-bond acceptors (Lipinski definition) is 6. The monoisotopic (exact) mass is 339 g/mol. The first kappa shape index (κ1) is 19.7. The summed E-state index contributed by atoms with van der Waals surface area (Å²) < 4.78 is 9.97. The number of carbonyl (C=O) groups excluding carboxylic acids is 3. The first-order valence-electron chi connectivity index (χ1n) is 7.71. The van der Waals surface area contributed by atoms with Gasteiger partial charge in [0.2, 0.25) is 11.8 Å². The third kappa shape index (κ3) is 6.02. The Kier molecular flexibility index (Phi) is 6.51. The van der Waals surface area contributed by atoms with Gasteiger partial charge >= 0.3 is 5.97 Å². The van der Waals surface area contributed by atoms with Gasteiger partial charge in [-0.2, -0.15) is 0 Å². The number of amides is 2. The van der Waals surface area contributed by atoms with Crippen LogP contribution in [0.2, 0.25) is 0 Å². The molecule has 2 N–H and O–H groups in total. The van der Waals surface area contributed by atoms with Crippen molar-refractivity contribution in [3.63, 3.8) is 0 Å². The van der Waals surface area contributed by atoms with Crippen LogP contribution in [0.1, 0.15) is 47.2 Å². The molecule has 1 aromatic rings. The van der Waals surface area contributed by atoms with Crippen molar-refractivity contribution < 1.29 is 23.6 Å². The molecule has 0 spiro atoms. The summed E-state index contributed by atoms with van der Waals surface area (Å²) in [5.74, 6) is -1.53. The van der Waals surface area contributed by atoms with Crippen LogP contribution in [0.4, 0.5) is 5.88 Å². The largest absolute Gasteiger partial charge is 0.454 e. The van der Waals surface area contributed by atoms with Crippen molar-refractivity contribution >= 4 is 23.7 Å². The van der Waals surface area contributed by atoms with E-state index in [0.29, 0.717) is 5.69 Å². The summed E-state index contributed by atoms with van der Waals surface area (Å²) in [6.45, 7) is 10.3. The summed E-state index contributed by atoms with van der Waals surface area (Å²) in [6.07, 6.45) is 0. The molecule has 0 aliphatic carbocycles. The van der Waals surface area contributed by atoms with Crippen molar-refractivity contribution in [2.75, 3.05) is 11.9 Å². The lowest BCUT2D eigenvalue weighted by molar-refractivity contribution is -0.151. The molecule has 8 nitrogen and oxygen atoms in total. The molecular weight excluding hydrogens is 314 g/mol. The van der Waals surface area contributed by atoms with E-state index in [1.807, 2.05) is 20.8 Å². The summed E-state index contributed by atoms with van der Waals surface area (Å²) in [4.78, 5) is 34.9. The maximum Gasteiger partial charge on any atom is 0.329 e. The van der Waals surface area contributed by atoms with Gasteiger partial charge < -0.3 is 14.6 Å². The molecule has 1 unspecified atom stereocenters. The zero-order valence-corrected chi connectivity index (χ0v) is 14.9. The molecule has 0 bridgehead atoms. The van der Waals surface area contributed by atoms with Crippen molar-refractivity contribution in [2.45, 2.75) is 53.0 Å². The number of rotatable bonds is 6. The predicted molar refractivity (Wildman–Crippen MR) is 87.2 cm³/mol. The van der Waals surface area contributed by atoms with Crippen LogP contribution in [0.3, 0.4) is 0 Å². The zero-order valence-electron chi connectivity index (χ0n) is 14.9. The first-order valence-corrected chi connectivity index (χ1v) is 7.71. The van der Waals surface area contributed by atoms with E-state index in [1.165, 1.54) is 6.92 Å². The highest BCUT2D eigenvalue weighted by Crippen LogP contribution is 2.23. The Labute approximate surface area is 141 Å². The van der Waals surface area contributed by atoms with E-state index in [2.05, 4.69) is 15.8 Å². The van der Waals surface area contributed by atoms with Crippen LogP contribution in [0.5, 0.6) is 0 Å². The van der Waals surface area contributed by atoms with E-state index in [1.54, 1.807) is 19.9 Å². The van der Waals surface area contributed by atoms with Crippen molar-refractivity contribution in [3.8, 4) is 0 Å². The van der Waals surface area contributed by atoms with E-state index in [9.17, 15) is 14.4 Å². The Morgan fingerprint density at radius 2 is 1.92 bits per heavy atom. The van der Waals surface area contributed by atoms with Crippen molar-refractivity contribution in [1.82, 2.24) is 10.5 Å². The quantitative estimate of drug-likeness (QED) is 0.762. The molecule has 0 aliphatic heterocycles. The van der Waals surface area contributed by atoms with E-state index in [-0.39, 0.29) is 23.1 Å². The van der Waals surface area contributed by atoms with E-state index >= 15 is 0 Å². The second kappa shape index (κ2) is 7.94. The fraction of sp³-hybridized carbons (Fsp3) is 0.625. The maximum atomic E-state index is 12.0. The van der Waals surface area contributed by atoms with E-state index in [0.717, 1.165) is 0 Å². The van der Waals surface area contributed by atoms with Gasteiger partial charge in [-0.05, 0) is 5.92 Å². The lowest BCUT2D eigenvalue weighted by Gasteiger charge is -2.19. The van der Waals surface area contributed by atoms with E-state index < -0.39 is 24.5 Å². The van der Waals surface area contributed by atoms with Gasteiger partial charge in [-0.3, -0.25) is 14.9 Å². The summed E-state index contributed by atoms with van der Waals surface area (Å²) in [7, 11) is 0. The molecule has 0 aromatic carbocycles. The van der Waals surface area contributed by atoms with Crippen LogP contribution in [0, 0.1) is 5.92 Å². The minimum atomic E-state index is -0.798. The Bertz CT molecular complexity index is 601. The van der Waals surface area contributed by atoms with Gasteiger partial charge in [0.1, 0.15) is 6.04 Å². The lowest BCUT2D eigenvalue weighted by Crippen LogP contribution is -2.45. The second-order valence-electron chi connectivity index (χ2n) is 6.90. The van der Waals surface area contributed by atoms with Gasteiger partial charge in [-0.25, -0.2) is 4.79 Å². The number of carbonyl (C=O) groups is 3. The Hall–Kier alpha value is -2.38. The number of nitrogens with one attached hydrogen (secondary N) is 2. The van der Waals surface area contributed by atoms with Gasteiger partial charge in [-0.1, -0.05) is 39.8 Å². The average molecular weight is 339 g/mol. The molecule has 1 aromatic heterocycles. The van der Waals surface area contributed by atoms with Crippen LogP contribution in [0.15, 0.2) is 10.6 Å². The molecule has 134 valence electrons. The number of hydrogen-bond donors (Lipinski definition) is 2. The number of anilines is 1. The summed E-state index contributed by atoms with van der Waals surface area (Å²) >= 11 is 0. The predicted octanol–water partition coefficient (Wildman–Crippen LogP) is 1.61. The van der Waals surface area contributed by atoms with Gasteiger partial charge in [0.25, 0.3) is 5.91 Å². The fourth-order valence-corrected chi connectivity index (χ4v) is 1.80. The minimum absolute atomic E-state index is 0.159. The second-order valence-corrected chi connectivity index (χ2v) is 6.90. The van der Waals surface area contributed by atoms with Crippen molar-refractivity contribution in [3.05, 3.63) is 11.8 Å². The van der Waals surface area contributed by atoms with Gasteiger partial charge in [0.15, 0.2) is 6.61 Å². The van der Waals surface area contributed by atoms with E-state index in [4.69, 9.17) is 9.26 Å². The zero-order chi connectivity index (χ0) is 18.5. The molecule has 0 aliphatic rings. The van der Waals surface area contributed by atoms with Gasteiger partial charge in [-0.15, -0.1) is 0 Å². The van der Waals surface area contributed by atoms with Gasteiger partial charge in [0.05, 0.1) is 5.69 Å². The first-order chi connectivity index (χ1) is 11.0. The molecule has 2 amide bonds. The molecular formula is C16H25N3O5. The third-order valence-electron chi connectivity index (χ3n) is 3.17. The third-order valence-corrected chi connectivity index (χ3v) is 3.17. The molecule has 0 saturated heterocycles. The van der Waals surface area contributed by atoms with Crippen LogP contribution >= 0.6 is 0 Å². The SMILES string of the molecule is CC(=O)NC(C(=O)OCC(=O)Nc1cc(C(C)(C)C)no1)C(C)C. The Balaban J connectivity index is 2.55. The molecule has 1 heterocycles. The molecule has 24 heavy (non-hydrogen) atoms. The smallest absolute Gasteiger partial charge is 0.329 e. The van der Waals surface area contributed by atoms with Crippen LogP contribution in [0.25, 0.3) is 0 Å². The highest BCUT2D eigenvalue weighted by Gasteiger charge is 2.25. The maximum absolute atomic E-state index is 12.0. The summed E-state index contributed by atoms with van der Waals surface area (Å²) in [5, 5.41) is 8.84. The summed E-state index contributed by atoms with van der Waals surface area (Å²) in [5.41, 5.74) is 0.488. The lowest BCUT2D eigenvalue weighted by atomic mass is 9.92. The van der Waals surface area contributed by atoms with Crippen LogP contribution < -0.4 is 10.6 Å². The topological polar surface area (TPSA) is 111 Å². The highest BCUT2D eigenvalue weighted by molar-refractivity contribution is 5.92.